The Bertz CT molecular complexity index is 1490. The molecule has 0 heterocycles. The van der Waals surface area contributed by atoms with E-state index in [-0.39, 0.29) is 5.57 Å². The Balaban J connectivity index is 1.59. The summed E-state index contributed by atoms with van der Waals surface area (Å²) >= 11 is 12.5. The largest absolute Gasteiger partial charge is 0.490 e. The summed E-state index contributed by atoms with van der Waals surface area (Å²) in [5.74, 6) is 0.250. The first-order valence-corrected chi connectivity index (χ1v) is 12.0. The minimum Gasteiger partial charge on any atom is -0.490 e. The van der Waals surface area contributed by atoms with Crippen molar-refractivity contribution in [3.05, 3.63) is 106 Å². The molecule has 0 aliphatic rings. The van der Waals surface area contributed by atoms with Crippen molar-refractivity contribution in [1.29, 1.82) is 5.26 Å². The van der Waals surface area contributed by atoms with Crippen LogP contribution in [-0.2, 0) is 11.4 Å². The van der Waals surface area contributed by atoms with Crippen LogP contribution in [0.3, 0.4) is 0 Å². The van der Waals surface area contributed by atoms with E-state index in [0.717, 1.165) is 16.3 Å². The van der Waals surface area contributed by atoms with Gasteiger partial charge in [0.15, 0.2) is 11.5 Å². The van der Waals surface area contributed by atoms with Crippen molar-refractivity contribution < 1.29 is 14.3 Å². The Morgan fingerprint density at radius 3 is 2.56 bits per heavy atom. The Morgan fingerprint density at radius 2 is 1.78 bits per heavy atom. The number of nitrogens with one attached hydrogen (secondary N) is 1. The molecule has 0 spiro atoms. The summed E-state index contributed by atoms with van der Waals surface area (Å²) in [5.41, 5.74) is 1.93. The molecule has 7 heteroatoms. The van der Waals surface area contributed by atoms with E-state index >= 15 is 0 Å². The zero-order chi connectivity index (χ0) is 25.5. The van der Waals surface area contributed by atoms with Crippen molar-refractivity contribution in [2.75, 3.05) is 11.9 Å². The van der Waals surface area contributed by atoms with Crippen LogP contribution in [0, 0.1) is 11.3 Å². The number of rotatable bonds is 8. The van der Waals surface area contributed by atoms with E-state index in [4.69, 9.17) is 32.7 Å². The Morgan fingerprint density at radius 1 is 1.00 bits per heavy atom. The van der Waals surface area contributed by atoms with E-state index in [0.29, 0.717) is 46.0 Å². The number of hydrogen-bond donors (Lipinski definition) is 1. The maximum Gasteiger partial charge on any atom is 0.266 e. The first kappa shape index (κ1) is 25.1. The molecule has 0 aliphatic carbocycles. The first-order valence-electron chi connectivity index (χ1n) is 11.2. The number of hydrogen-bond acceptors (Lipinski definition) is 4. The molecule has 0 aliphatic heterocycles. The second kappa shape index (κ2) is 11.6. The lowest BCUT2D eigenvalue weighted by atomic mass is 10.1. The average molecular weight is 517 g/mol. The molecule has 180 valence electrons. The molecule has 0 saturated carbocycles. The van der Waals surface area contributed by atoms with Gasteiger partial charge in [-0.2, -0.15) is 5.26 Å². The highest BCUT2D eigenvalue weighted by Crippen LogP contribution is 2.38. The summed E-state index contributed by atoms with van der Waals surface area (Å²) in [7, 11) is 0. The minimum atomic E-state index is -0.565. The Hall–Kier alpha value is -3.98. The van der Waals surface area contributed by atoms with Crippen LogP contribution in [0.15, 0.2) is 84.4 Å². The van der Waals surface area contributed by atoms with Crippen LogP contribution in [0.25, 0.3) is 16.8 Å². The predicted molar refractivity (Wildman–Crippen MR) is 145 cm³/mol. The van der Waals surface area contributed by atoms with Crippen LogP contribution >= 0.6 is 23.2 Å². The van der Waals surface area contributed by atoms with Crippen molar-refractivity contribution in [2.24, 2.45) is 0 Å². The van der Waals surface area contributed by atoms with Gasteiger partial charge >= 0.3 is 0 Å². The fourth-order valence-corrected chi connectivity index (χ4v) is 4.19. The number of carbonyl (C=O) groups excluding carboxylic acids is 1. The van der Waals surface area contributed by atoms with Crippen LogP contribution in [-0.4, -0.2) is 12.5 Å². The molecule has 1 N–H and O–H groups in total. The average Bonchev–Trinajstić information content (AvgIpc) is 2.87. The van der Waals surface area contributed by atoms with Gasteiger partial charge in [0.05, 0.1) is 11.6 Å². The molecular weight excluding hydrogens is 495 g/mol. The lowest BCUT2D eigenvalue weighted by Gasteiger charge is -2.15. The number of amides is 1. The third-order valence-electron chi connectivity index (χ3n) is 5.34. The fraction of sp³-hybridized carbons (Fsp3) is 0.103. The number of halogens is 2. The summed E-state index contributed by atoms with van der Waals surface area (Å²) in [6.45, 7) is 2.53. The van der Waals surface area contributed by atoms with Gasteiger partial charge in [-0.25, -0.2) is 0 Å². The van der Waals surface area contributed by atoms with Crippen molar-refractivity contribution in [3.8, 4) is 17.6 Å². The number of nitriles is 1. The quantitative estimate of drug-likeness (QED) is 0.192. The normalized spacial score (nSPS) is 11.1. The number of anilines is 1. The van der Waals surface area contributed by atoms with Crippen molar-refractivity contribution in [1.82, 2.24) is 0 Å². The summed E-state index contributed by atoms with van der Waals surface area (Å²) < 4.78 is 11.9. The topological polar surface area (TPSA) is 71.3 Å². The van der Waals surface area contributed by atoms with E-state index in [9.17, 15) is 10.1 Å². The van der Waals surface area contributed by atoms with Crippen molar-refractivity contribution in [3.63, 3.8) is 0 Å². The van der Waals surface area contributed by atoms with E-state index in [1.54, 1.807) is 36.4 Å². The summed E-state index contributed by atoms with van der Waals surface area (Å²) in [6.07, 6.45) is 1.45. The van der Waals surface area contributed by atoms with E-state index in [1.807, 2.05) is 55.5 Å². The minimum absolute atomic E-state index is 0.0992. The van der Waals surface area contributed by atoms with E-state index in [2.05, 4.69) is 5.32 Å². The first-order chi connectivity index (χ1) is 17.5. The number of carbonyl (C=O) groups is 1. The number of ether oxygens (including phenoxy) is 2. The lowest BCUT2D eigenvalue weighted by molar-refractivity contribution is -0.112. The monoisotopic (exact) mass is 516 g/mol. The number of benzene rings is 4. The fourth-order valence-electron chi connectivity index (χ4n) is 3.72. The van der Waals surface area contributed by atoms with Crippen LogP contribution in [0.5, 0.6) is 11.5 Å². The highest BCUT2D eigenvalue weighted by atomic mass is 35.5. The molecular formula is C29H22Cl2N2O3. The maximum atomic E-state index is 12.7. The number of fused-ring (bicyclic) bond motifs is 1. The molecule has 0 atom stereocenters. The Labute approximate surface area is 219 Å². The molecule has 1 amide bonds. The summed E-state index contributed by atoms with van der Waals surface area (Å²) in [4.78, 5) is 12.7. The van der Waals surface area contributed by atoms with E-state index in [1.165, 1.54) is 6.08 Å². The molecule has 0 aromatic heterocycles. The molecule has 0 radical (unpaired) electrons. The summed E-state index contributed by atoms with van der Waals surface area (Å²) in [5, 5.41) is 15.3. The molecule has 4 aromatic rings. The zero-order valence-corrected chi connectivity index (χ0v) is 20.9. The van der Waals surface area contributed by atoms with Gasteiger partial charge in [0.1, 0.15) is 18.2 Å². The van der Waals surface area contributed by atoms with E-state index < -0.39 is 5.91 Å². The standard InChI is InChI=1S/C29H22Cl2N2O3/c1-2-35-27-15-19(13-22(17-32)29(34)33-24-11-6-10-23(30)16-24)14-26(31)28(27)36-18-21-9-5-8-20-7-3-4-12-25(20)21/h3-16H,2,18H2,1H3,(H,33,34)/b22-13+. The van der Waals surface area contributed by atoms with Gasteiger partial charge < -0.3 is 14.8 Å². The predicted octanol–water partition coefficient (Wildman–Crippen LogP) is 7.67. The second-order valence-corrected chi connectivity index (χ2v) is 8.67. The highest BCUT2D eigenvalue weighted by molar-refractivity contribution is 6.32. The molecule has 5 nitrogen and oxygen atoms in total. The van der Waals surface area contributed by atoms with Crippen LogP contribution in [0.1, 0.15) is 18.1 Å². The van der Waals surface area contributed by atoms with Gasteiger partial charge in [-0.3, -0.25) is 4.79 Å². The number of nitrogens with zero attached hydrogens (tertiary/aromatic N) is 1. The van der Waals surface area contributed by atoms with Crippen LogP contribution in [0.4, 0.5) is 5.69 Å². The second-order valence-electron chi connectivity index (χ2n) is 7.82. The van der Waals surface area contributed by atoms with Gasteiger partial charge in [-0.15, -0.1) is 0 Å². The maximum absolute atomic E-state index is 12.7. The highest BCUT2D eigenvalue weighted by Gasteiger charge is 2.15. The molecule has 0 bridgehead atoms. The summed E-state index contributed by atoms with van der Waals surface area (Å²) in [6, 6.07) is 26.1. The van der Waals surface area contributed by atoms with Gasteiger partial charge in [0, 0.05) is 10.7 Å². The third kappa shape index (κ3) is 5.98. The van der Waals surface area contributed by atoms with Gasteiger partial charge in [-0.05, 0) is 65.2 Å². The van der Waals surface area contributed by atoms with Gasteiger partial charge in [0.2, 0.25) is 0 Å². The van der Waals surface area contributed by atoms with Crippen molar-refractivity contribution >= 4 is 51.6 Å². The van der Waals surface area contributed by atoms with Crippen LogP contribution in [0.2, 0.25) is 10.0 Å². The Kier molecular flexibility index (Phi) is 8.12. The zero-order valence-electron chi connectivity index (χ0n) is 19.4. The van der Waals surface area contributed by atoms with Crippen LogP contribution < -0.4 is 14.8 Å². The molecule has 0 fully saturated rings. The smallest absolute Gasteiger partial charge is 0.266 e. The van der Waals surface area contributed by atoms with Crippen molar-refractivity contribution in [2.45, 2.75) is 13.5 Å². The molecule has 4 rings (SSSR count). The SMILES string of the molecule is CCOc1cc(/C=C(\C#N)C(=O)Nc2cccc(Cl)c2)cc(Cl)c1OCc1cccc2ccccc12. The molecule has 0 saturated heterocycles. The molecule has 4 aromatic carbocycles. The molecule has 0 unspecified atom stereocenters. The van der Waals surface area contributed by atoms with Gasteiger partial charge in [-0.1, -0.05) is 71.7 Å². The third-order valence-corrected chi connectivity index (χ3v) is 5.86. The molecule has 36 heavy (non-hydrogen) atoms. The van der Waals surface area contributed by atoms with Gasteiger partial charge in [0.25, 0.3) is 5.91 Å². The lowest BCUT2D eigenvalue weighted by Crippen LogP contribution is -2.13.